The number of nitrogens with zero attached hydrogens (tertiary/aromatic N) is 1. The van der Waals surface area contributed by atoms with Gasteiger partial charge in [0.2, 0.25) is 5.91 Å². The first kappa shape index (κ1) is 20.8. The summed E-state index contributed by atoms with van der Waals surface area (Å²) in [6.07, 6.45) is 3.07. The fourth-order valence-electron chi connectivity index (χ4n) is 3.94. The van der Waals surface area contributed by atoms with Crippen LogP contribution in [0.4, 0.5) is 10.5 Å². The second-order valence-corrected chi connectivity index (χ2v) is 9.14. The van der Waals surface area contributed by atoms with Crippen molar-refractivity contribution >= 4 is 46.9 Å². The monoisotopic (exact) mass is 443 g/mol. The number of carbonyl (C=O) groups is 3. The third kappa shape index (κ3) is 3.91. The normalized spacial score (nSPS) is 18.5. The number of nitrogens with one attached hydrogen (secondary N) is 2. The Morgan fingerprint density at radius 3 is 2.47 bits per heavy atom. The third-order valence-corrected chi connectivity index (χ3v) is 7.13. The van der Waals surface area contributed by atoms with Gasteiger partial charge in [0, 0.05) is 15.5 Å². The molecule has 0 bridgehead atoms. The van der Waals surface area contributed by atoms with Crippen LogP contribution in [0, 0.1) is 0 Å². The summed E-state index contributed by atoms with van der Waals surface area (Å²) >= 11 is 7.73. The molecule has 1 aliphatic carbocycles. The Balaban J connectivity index is 1.40. The molecule has 8 heteroatoms. The van der Waals surface area contributed by atoms with Crippen molar-refractivity contribution in [2.24, 2.45) is 0 Å². The number of carbonyl (C=O) groups excluding carboxylic acids is 3. The third-order valence-electron chi connectivity index (χ3n) is 5.60. The van der Waals surface area contributed by atoms with Gasteiger partial charge in [-0.25, -0.2) is 9.69 Å². The molecule has 1 aliphatic heterocycles. The maximum atomic E-state index is 12.8. The van der Waals surface area contributed by atoms with Crippen LogP contribution in [0.1, 0.15) is 32.6 Å². The molecule has 1 saturated carbocycles. The van der Waals surface area contributed by atoms with Crippen LogP contribution < -0.4 is 10.6 Å². The average Bonchev–Trinajstić information content (AvgIpc) is 3.29. The number of rotatable bonds is 5. The van der Waals surface area contributed by atoms with Gasteiger partial charge in [-0.2, -0.15) is 0 Å². The van der Waals surface area contributed by atoms with Crippen molar-refractivity contribution in [1.29, 1.82) is 0 Å². The van der Waals surface area contributed by atoms with E-state index in [1.807, 2.05) is 36.4 Å². The topological polar surface area (TPSA) is 78.5 Å². The zero-order valence-electron chi connectivity index (χ0n) is 16.5. The summed E-state index contributed by atoms with van der Waals surface area (Å²) in [7, 11) is 0. The van der Waals surface area contributed by atoms with E-state index < -0.39 is 23.5 Å². The second-order valence-electron chi connectivity index (χ2n) is 7.62. The van der Waals surface area contributed by atoms with Crippen LogP contribution in [-0.2, 0) is 9.59 Å². The standard InChI is InChI=1S/C22H22ClN3O3S/c1-14(26-20(28)22(25-21(26)29)12-4-5-13-22)19(27)24-15-8-10-16(11-9-15)30-18-7-3-2-6-17(18)23/h2-3,6-11,14H,4-5,12-13H2,1H3,(H,24,27)(H,25,29). The van der Waals surface area contributed by atoms with E-state index in [0.29, 0.717) is 23.6 Å². The van der Waals surface area contributed by atoms with Gasteiger partial charge in [-0.15, -0.1) is 0 Å². The lowest BCUT2D eigenvalue weighted by molar-refractivity contribution is -0.136. The minimum atomic E-state index is -0.894. The van der Waals surface area contributed by atoms with E-state index in [4.69, 9.17) is 11.6 Å². The predicted octanol–water partition coefficient (Wildman–Crippen LogP) is 4.68. The fourth-order valence-corrected chi connectivity index (χ4v) is 5.02. The Morgan fingerprint density at radius 1 is 1.13 bits per heavy atom. The highest BCUT2D eigenvalue weighted by atomic mass is 35.5. The number of hydrogen-bond acceptors (Lipinski definition) is 4. The van der Waals surface area contributed by atoms with E-state index >= 15 is 0 Å². The lowest BCUT2D eigenvalue weighted by Crippen LogP contribution is -2.48. The van der Waals surface area contributed by atoms with Gasteiger partial charge in [-0.05, 0) is 56.2 Å². The molecule has 0 radical (unpaired) electrons. The molecule has 1 unspecified atom stereocenters. The smallest absolute Gasteiger partial charge is 0.324 e. The van der Waals surface area contributed by atoms with E-state index in [-0.39, 0.29) is 5.91 Å². The largest absolute Gasteiger partial charge is 0.325 e. The SMILES string of the molecule is CC(C(=O)Nc1ccc(Sc2ccccc2Cl)cc1)N1C(=O)NC2(CCCC2)C1=O. The summed E-state index contributed by atoms with van der Waals surface area (Å²) in [5, 5.41) is 6.28. The van der Waals surface area contributed by atoms with Gasteiger partial charge in [0.25, 0.3) is 5.91 Å². The molecule has 1 atom stereocenters. The second kappa shape index (κ2) is 8.32. The summed E-state index contributed by atoms with van der Waals surface area (Å²) < 4.78 is 0. The minimum absolute atomic E-state index is 0.292. The van der Waals surface area contributed by atoms with Gasteiger partial charge in [0.15, 0.2) is 0 Å². The molecule has 2 N–H and O–H groups in total. The number of benzene rings is 2. The number of urea groups is 1. The first-order valence-corrected chi connectivity index (χ1v) is 11.1. The number of hydrogen-bond donors (Lipinski definition) is 2. The summed E-state index contributed by atoms with van der Waals surface area (Å²) in [4.78, 5) is 40.9. The molecule has 6 nitrogen and oxygen atoms in total. The van der Waals surface area contributed by atoms with Crippen molar-refractivity contribution < 1.29 is 14.4 Å². The summed E-state index contributed by atoms with van der Waals surface area (Å²) in [6, 6.07) is 13.5. The van der Waals surface area contributed by atoms with Gasteiger partial charge in [-0.3, -0.25) is 9.59 Å². The maximum absolute atomic E-state index is 12.8. The van der Waals surface area contributed by atoms with Gasteiger partial charge >= 0.3 is 6.03 Å². The molecule has 2 aliphatic rings. The van der Waals surface area contributed by atoms with Crippen molar-refractivity contribution in [2.45, 2.75) is 54.0 Å². The molecule has 4 amide bonds. The number of anilines is 1. The first-order chi connectivity index (χ1) is 14.4. The van der Waals surface area contributed by atoms with Crippen LogP contribution in [0.5, 0.6) is 0 Å². The highest BCUT2D eigenvalue weighted by molar-refractivity contribution is 7.99. The van der Waals surface area contributed by atoms with E-state index in [0.717, 1.165) is 27.5 Å². The molecule has 4 rings (SSSR count). The van der Waals surface area contributed by atoms with Crippen molar-refractivity contribution in [3.63, 3.8) is 0 Å². The molecule has 1 saturated heterocycles. The van der Waals surface area contributed by atoms with Crippen molar-refractivity contribution in [3.8, 4) is 0 Å². The van der Waals surface area contributed by atoms with E-state index in [2.05, 4.69) is 10.6 Å². The fraction of sp³-hybridized carbons (Fsp3) is 0.318. The Labute approximate surface area is 184 Å². The van der Waals surface area contributed by atoms with Gasteiger partial charge in [0.1, 0.15) is 11.6 Å². The minimum Gasteiger partial charge on any atom is -0.324 e. The molecular formula is C22H22ClN3O3S. The molecule has 30 heavy (non-hydrogen) atoms. The van der Waals surface area contributed by atoms with Crippen LogP contribution in [-0.4, -0.2) is 34.3 Å². The zero-order valence-corrected chi connectivity index (χ0v) is 18.1. The van der Waals surface area contributed by atoms with Crippen LogP contribution in [0.15, 0.2) is 58.3 Å². The van der Waals surface area contributed by atoms with Crippen molar-refractivity contribution in [1.82, 2.24) is 10.2 Å². The lowest BCUT2D eigenvalue weighted by Gasteiger charge is -2.23. The molecule has 2 fully saturated rings. The van der Waals surface area contributed by atoms with E-state index in [1.165, 1.54) is 11.8 Å². The maximum Gasteiger partial charge on any atom is 0.325 e. The van der Waals surface area contributed by atoms with Crippen LogP contribution in [0.25, 0.3) is 0 Å². The molecule has 156 valence electrons. The van der Waals surface area contributed by atoms with E-state index in [9.17, 15) is 14.4 Å². The molecule has 0 aromatic heterocycles. The lowest BCUT2D eigenvalue weighted by atomic mass is 9.97. The number of imide groups is 1. The molecular weight excluding hydrogens is 422 g/mol. The Kier molecular flexibility index (Phi) is 5.75. The summed E-state index contributed by atoms with van der Waals surface area (Å²) in [6.45, 7) is 1.57. The van der Waals surface area contributed by atoms with Gasteiger partial charge < -0.3 is 10.6 Å². The number of halogens is 1. The summed E-state index contributed by atoms with van der Waals surface area (Å²) in [5.41, 5.74) is -0.221. The Hall–Kier alpha value is -2.51. The van der Waals surface area contributed by atoms with Crippen LogP contribution >= 0.6 is 23.4 Å². The first-order valence-electron chi connectivity index (χ1n) is 9.89. The predicted molar refractivity (Wildman–Crippen MR) is 117 cm³/mol. The molecule has 2 aromatic rings. The van der Waals surface area contributed by atoms with Gasteiger partial charge in [0.05, 0.1) is 5.02 Å². The highest BCUT2D eigenvalue weighted by Gasteiger charge is 2.54. The zero-order chi connectivity index (χ0) is 21.3. The number of amides is 4. The van der Waals surface area contributed by atoms with Crippen LogP contribution in [0.3, 0.4) is 0 Å². The highest BCUT2D eigenvalue weighted by Crippen LogP contribution is 2.36. The van der Waals surface area contributed by atoms with Crippen LogP contribution in [0.2, 0.25) is 5.02 Å². The molecule has 1 heterocycles. The van der Waals surface area contributed by atoms with Crippen molar-refractivity contribution in [2.75, 3.05) is 5.32 Å². The molecule has 2 aromatic carbocycles. The van der Waals surface area contributed by atoms with E-state index in [1.54, 1.807) is 19.1 Å². The Bertz CT molecular complexity index is 989. The molecule has 1 spiro atoms. The summed E-state index contributed by atoms with van der Waals surface area (Å²) in [5.74, 6) is -0.695. The van der Waals surface area contributed by atoms with Crippen molar-refractivity contribution in [3.05, 3.63) is 53.6 Å². The Morgan fingerprint density at radius 2 is 1.80 bits per heavy atom. The van der Waals surface area contributed by atoms with Gasteiger partial charge in [-0.1, -0.05) is 48.3 Å². The average molecular weight is 444 g/mol. The quantitative estimate of drug-likeness (QED) is 0.657.